The summed E-state index contributed by atoms with van der Waals surface area (Å²) in [6.45, 7) is 3.70. The third-order valence-electron chi connectivity index (χ3n) is 3.98. The van der Waals surface area contributed by atoms with Gasteiger partial charge in [0, 0.05) is 18.3 Å². The molecule has 1 aromatic carbocycles. The van der Waals surface area contributed by atoms with Crippen LogP contribution in [0.2, 0.25) is 5.02 Å². The van der Waals surface area contributed by atoms with Crippen LogP contribution >= 0.6 is 11.6 Å². The molecule has 0 radical (unpaired) electrons. The maximum absolute atomic E-state index is 12.5. The van der Waals surface area contributed by atoms with E-state index in [-0.39, 0.29) is 23.6 Å². The predicted octanol–water partition coefficient (Wildman–Crippen LogP) is 4.36. The van der Waals surface area contributed by atoms with Crippen LogP contribution in [0.5, 0.6) is 5.75 Å². The summed E-state index contributed by atoms with van der Waals surface area (Å²) in [7, 11) is 0. The Kier molecular flexibility index (Phi) is 5.46. The van der Waals surface area contributed by atoms with Gasteiger partial charge in [0.15, 0.2) is 5.65 Å². The molecule has 0 aliphatic carbocycles. The van der Waals surface area contributed by atoms with Crippen molar-refractivity contribution in [1.29, 1.82) is 0 Å². The summed E-state index contributed by atoms with van der Waals surface area (Å²) < 4.78 is 47.9. The Morgan fingerprint density at radius 3 is 2.71 bits per heavy atom. The third-order valence-corrected chi connectivity index (χ3v) is 4.29. The number of nitrogens with zero attached hydrogens (tertiary/aromatic N) is 3. The standard InChI is InChI=1S/C18H15ClF3N3O3/c1-3-27-17(26)13-9-24-25-10(2)12(8-23-16(13)25)6-11-4-5-14(19)15(7-11)28-18(20,21)22/h4-5,7-9H,3,6H2,1-2H3. The van der Waals surface area contributed by atoms with Crippen molar-refractivity contribution in [2.24, 2.45) is 0 Å². The van der Waals surface area contributed by atoms with Crippen molar-refractivity contribution in [1.82, 2.24) is 14.6 Å². The number of rotatable bonds is 5. The van der Waals surface area contributed by atoms with Gasteiger partial charge in [0.1, 0.15) is 11.3 Å². The molecular weight excluding hydrogens is 399 g/mol. The van der Waals surface area contributed by atoms with E-state index in [0.29, 0.717) is 22.5 Å². The van der Waals surface area contributed by atoms with E-state index in [9.17, 15) is 18.0 Å². The molecule has 148 valence electrons. The summed E-state index contributed by atoms with van der Waals surface area (Å²) >= 11 is 5.78. The highest BCUT2D eigenvalue weighted by atomic mass is 35.5. The van der Waals surface area contributed by atoms with Crippen LogP contribution in [0.4, 0.5) is 13.2 Å². The van der Waals surface area contributed by atoms with Gasteiger partial charge < -0.3 is 9.47 Å². The van der Waals surface area contributed by atoms with E-state index < -0.39 is 18.1 Å². The Morgan fingerprint density at radius 2 is 2.04 bits per heavy atom. The van der Waals surface area contributed by atoms with E-state index in [4.69, 9.17) is 16.3 Å². The summed E-state index contributed by atoms with van der Waals surface area (Å²) in [6.07, 6.45) is -1.64. The van der Waals surface area contributed by atoms with E-state index in [0.717, 1.165) is 0 Å². The Bertz CT molecular complexity index is 1030. The van der Waals surface area contributed by atoms with Crippen molar-refractivity contribution < 1.29 is 27.4 Å². The second kappa shape index (κ2) is 7.67. The fraction of sp³-hybridized carbons (Fsp3) is 0.278. The molecule has 10 heteroatoms. The number of carbonyl (C=O) groups is 1. The predicted molar refractivity (Wildman–Crippen MR) is 94.6 cm³/mol. The molecule has 2 heterocycles. The normalized spacial score (nSPS) is 11.6. The molecule has 0 aliphatic heterocycles. The first-order chi connectivity index (χ1) is 13.2. The smallest absolute Gasteiger partial charge is 0.462 e. The van der Waals surface area contributed by atoms with E-state index in [1.807, 2.05) is 0 Å². The number of hydrogen-bond acceptors (Lipinski definition) is 5. The van der Waals surface area contributed by atoms with Crippen LogP contribution in [-0.2, 0) is 11.2 Å². The van der Waals surface area contributed by atoms with Gasteiger partial charge in [-0.25, -0.2) is 14.3 Å². The number of alkyl halides is 3. The van der Waals surface area contributed by atoms with Gasteiger partial charge in [-0.1, -0.05) is 17.7 Å². The lowest BCUT2D eigenvalue weighted by Gasteiger charge is -2.13. The molecule has 28 heavy (non-hydrogen) atoms. The summed E-state index contributed by atoms with van der Waals surface area (Å²) in [5.41, 5.74) is 2.53. The first-order valence-electron chi connectivity index (χ1n) is 8.23. The number of fused-ring (bicyclic) bond motifs is 1. The summed E-state index contributed by atoms with van der Waals surface area (Å²) in [5.74, 6) is -0.995. The maximum Gasteiger partial charge on any atom is 0.573 e. The molecule has 0 saturated carbocycles. The van der Waals surface area contributed by atoms with Gasteiger partial charge in [-0.3, -0.25) is 0 Å². The SMILES string of the molecule is CCOC(=O)c1cnn2c(C)c(Cc3ccc(Cl)c(OC(F)(F)F)c3)cnc12. The second-order valence-corrected chi connectivity index (χ2v) is 6.28. The topological polar surface area (TPSA) is 65.7 Å². The van der Waals surface area contributed by atoms with Crippen LogP contribution in [0.15, 0.2) is 30.6 Å². The van der Waals surface area contributed by atoms with E-state index in [1.165, 1.54) is 22.8 Å². The lowest BCUT2D eigenvalue weighted by molar-refractivity contribution is -0.274. The Hall–Kier alpha value is -2.81. The van der Waals surface area contributed by atoms with Crippen molar-refractivity contribution in [3.05, 3.63) is 58.0 Å². The number of aromatic nitrogens is 3. The zero-order valence-electron chi connectivity index (χ0n) is 14.9. The molecule has 0 spiro atoms. The van der Waals surface area contributed by atoms with Gasteiger partial charge >= 0.3 is 12.3 Å². The molecule has 0 fully saturated rings. The van der Waals surface area contributed by atoms with Gasteiger partial charge in [0.05, 0.1) is 17.8 Å². The second-order valence-electron chi connectivity index (χ2n) is 5.87. The van der Waals surface area contributed by atoms with E-state index in [2.05, 4.69) is 14.8 Å². The van der Waals surface area contributed by atoms with Crippen molar-refractivity contribution in [2.75, 3.05) is 6.61 Å². The molecule has 3 rings (SSSR count). The van der Waals surface area contributed by atoms with Crippen molar-refractivity contribution in [3.8, 4) is 5.75 Å². The van der Waals surface area contributed by atoms with Crippen LogP contribution in [0.25, 0.3) is 5.65 Å². The molecule has 0 amide bonds. The van der Waals surface area contributed by atoms with Crippen LogP contribution < -0.4 is 4.74 Å². The summed E-state index contributed by atoms with van der Waals surface area (Å²) in [5, 5.41) is 4.02. The van der Waals surface area contributed by atoms with Gasteiger partial charge in [-0.15, -0.1) is 13.2 Å². The molecule has 6 nitrogen and oxygen atoms in total. The average Bonchev–Trinajstić information content (AvgIpc) is 3.04. The monoisotopic (exact) mass is 413 g/mol. The van der Waals surface area contributed by atoms with Gasteiger partial charge in [-0.2, -0.15) is 5.10 Å². The Labute approximate surface area is 162 Å². The minimum atomic E-state index is -4.84. The first-order valence-corrected chi connectivity index (χ1v) is 8.61. The van der Waals surface area contributed by atoms with E-state index >= 15 is 0 Å². The van der Waals surface area contributed by atoms with Gasteiger partial charge in [0.2, 0.25) is 0 Å². The molecule has 0 saturated heterocycles. The van der Waals surface area contributed by atoms with Crippen LogP contribution in [0.1, 0.15) is 34.1 Å². The molecule has 2 aromatic heterocycles. The number of esters is 1. The minimum absolute atomic E-state index is 0.141. The van der Waals surface area contributed by atoms with Crippen LogP contribution in [0, 0.1) is 6.92 Å². The third kappa shape index (κ3) is 4.19. The molecular formula is C18H15ClF3N3O3. The zero-order chi connectivity index (χ0) is 20.5. The molecule has 0 bridgehead atoms. The van der Waals surface area contributed by atoms with Crippen LogP contribution in [-0.4, -0.2) is 33.5 Å². The lowest BCUT2D eigenvalue weighted by atomic mass is 10.0. The average molecular weight is 414 g/mol. The summed E-state index contributed by atoms with van der Waals surface area (Å²) in [6, 6.07) is 4.17. The first kappa shape index (κ1) is 19.9. The van der Waals surface area contributed by atoms with Gasteiger partial charge in [-0.05, 0) is 37.1 Å². The van der Waals surface area contributed by atoms with Gasteiger partial charge in [0.25, 0.3) is 0 Å². The summed E-state index contributed by atoms with van der Waals surface area (Å²) in [4.78, 5) is 16.2. The quantitative estimate of drug-likeness (QED) is 0.581. The Morgan fingerprint density at radius 1 is 1.29 bits per heavy atom. The molecule has 0 atom stereocenters. The number of ether oxygens (including phenoxy) is 2. The van der Waals surface area contributed by atoms with Crippen molar-refractivity contribution in [2.45, 2.75) is 26.6 Å². The van der Waals surface area contributed by atoms with Crippen molar-refractivity contribution >= 4 is 23.2 Å². The largest absolute Gasteiger partial charge is 0.573 e. The number of aryl methyl sites for hydroxylation is 1. The number of halogens is 4. The highest BCUT2D eigenvalue weighted by Crippen LogP contribution is 2.31. The lowest BCUT2D eigenvalue weighted by Crippen LogP contribution is -2.17. The fourth-order valence-corrected chi connectivity index (χ4v) is 2.84. The number of benzene rings is 1. The highest BCUT2D eigenvalue weighted by Gasteiger charge is 2.32. The van der Waals surface area contributed by atoms with Crippen molar-refractivity contribution in [3.63, 3.8) is 0 Å². The van der Waals surface area contributed by atoms with Crippen LogP contribution in [0.3, 0.4) is 0 Å². The maximum atomic E-state index is 12.5. The van der Waals surface area contributed by atoms with E-state index in [1.54, 1.807) is 26.1 Å². The number of hydrogen-bond donors (Lipinski definition) is 0. The molecule has 0 aliphatic rings. The molecule has 3 aromatic rings. The minimum Gasteiger partial charge on any atom is -0.462 e. The highest BCUT2D eigenvalue weighted by molar-refractivity contribution is 6.32. The Balaban J connectivity index is 1.92. The number of carbonyl (C=O) groups excluding carboxylic acids is 1. The fourth-order valence-electron chi connectivity index (χ4n) is 2.69. The molecule has 0 unspecified atom stereocenters. The zero-order valence-corrected chi connectivity index (χ0v) is 15.6. The molecule has 0 N–H and O–H groups in total.